The van der Waals surface area contributed by atoms with E-state index in [0.29, 0.717) is 11.6 Å². The third kappa shape index (κ3) is 4.91. The molecule has 0 amide bonds. The van der Waals surface area contributed by atoms with Crippen LogP contribution in [0, 0.1) is 5.92 Å². The van der Waals surface area contributed by atoms with E-state index in [0.717, 1.165) is 58.5 Å². The maximum absolute atomic E-state index is 6.43. The smallest absolute Gasteiger partial charge is 0.227 e. The number of rotatable bonds is 4. The first-order valence-corrected chi connectivity index (χ1v) is 20.7. The third-order valence-corrected chi connectivity index (χ3v) is 12.9. The van der Waals surface area contributed by atoms with Crippen LogP contribution in [0.5, 0.6) is 0 Å². The van der Waals surface area contributed by atoms with E-state index in [9.17, 15) is 0 Å². The highest BCUT2D eigenvalue weighted by molar-refractivity contribution is 6.89. The van der Waals surface area contributed by atoms with E-state index in [4.69, 9.17) is 9.41 Å². The summed E-state index contributed by atoms with van der Waals surface area (Å²) >= 11 is 0. The summed E-state index contributed by atoms with van der Waals surface area (Å²) in [5.41, 5.74) is 11.3. The number of aromatic nitrogens is 2. The zero-order valence-corrected chi connectivity index (χ0v) is 28.5. The summed E-state index contributed by atoms with van der Waals surface area (Å²) in [6.07, 6.45) is 15.7. The molecule has 46 heavy (non-hydrogen) atoms. The highest BCUT2D eigenvalue weighted by Crippen LogP contribution is 2.45. The molecule has 0 spiro atoms. The Morgan fingerprint density at radius 2 is 1.83 bits per heavy atom. The number of aryl methyl sites for hydroxylation is 1. The summed E-state index contributed by atoms with van der Waals surface area (Å²) in [5.74, 6) is 1.15. The number of hydrogen-bond acceptors (Lipinski definition) is 3. The van der Waals surface area contributed by atoms with Crippen molar-refractivity contribution in [3.8, 4) is 11.3 Å². The van der Waals surface area contributed by atoms with E-state index < -0.39 is 8.07 Å². The lowest BCUT2D eigenvalue weighted by Crippen LogP contribution is -2.54. The van der Waals surface area contributed by atoms with Crippen LogP contribution in [-0.4, -0.2) is 18.8 Å². The van der Waals surface area contributed by atoms with E-state index in [-0.39, 0.29) is 6.04 Å². The summed E-state index contributed by atoms with van der Waals surface area (Å²) < 4.78 is 9.07. The second kappa shape index (κ2) is 11.3. The molecule has 0 radical (unpaired) electrons. The van der Waals surface area contributed by atoms with Crippen LogP contribution >= 0.6 is 0 Å². The number of furan rings is 1. The summed E-state index contributed by atoms with van der Waals surface area (Å²) in [7, 11) is -1.62. The van der Waals surface area contributed by atoms with Crippen molar-refractivity contribution in [2.45, 2.75) is 83.0 Å². The Balaban J connectivity index is 1.29. The standard InChI is InChI=1S/C41H44N3OSi/c1-6-35-39-28(18-20-33-34-16-11-21-42-41(34)45-40(33)39)17-19-32-30-14-9-10-15-31(30)37-24-29(23-27-12-7-8-13-27)38(46(3,4)5)25-44(37)36(32)22-26(2)43-35/h6,9-11,14-16,18,20-21,24-25,27,32,36H,1-2,7-8,12-13,17,19,22-23H2,3-5H3/q+1. The monoisotopic (exact) mass is 622 g/mol. The summed E-state index contributed by atoms with van der Waals surface area (Å²) in [6, 6.07) is 20.5. The molecule has 3 aromatic heterocycles. The largest absolute Gasteiger partial charge is 0.437 e. The van der Waals surface area contributed by atoms with Crippen molar-refractivity contribution < 1.29 is 8.98 Å². The molecule has 1 saturated carbocycles. The first-order chi connectivity index (χ1) is 22.3. The van der Waals surface area contributed by atoms with Crippen molar-refractivity contribution in [1.29, 1.82) is 0 Å². The number of hydrogen-bond donors (Lipinski definition) is 0. The molecule has 0 saturated heterocycles. The maximum Gasteiger partial charge on any atom is 0.227 e. The molecule has 2 unspecified atom stereocenters. The molecule has 2 aliphatic heterocycles. The van der Waals surface area contributed by atoms with Gasteiger partial charge in [0.2, 0.25) is 11.4 Å². The quantitative estimate of drug-likeness (QED) is 0.148. The number of allylic oxidation sites excluding steroid dienone is 2. The van der Waals surface area contributed by atoms with Crippen LogP contribution in [0.4, 0.5) is 0 Å². The highest BCUT2D eigenvalue weighted by atomic mass is 28.3. The zero-order chi connectivity index (χ0) is 31.6. The molecule has 8 rings (SSSR count). The van der Waals surface area contributed by atoms with Gasteiger partial charge in [-0.25, -0.2) is 4.98 Å². The van der Waals surface area contributed by atoms with Crippen LogP contribution in [0.1, 0.15) is 72.7 Å². The molecule has 232 valence electrons. The predicted molar refractivity (Wildman–Crippen MR) is 193 cm³/mol. The SMILES string of the molecule is C=CC1=NC(=C)CC2C(CCc3ccc4c(oc5ncccc54)c31)c1ccccc1-c1cc(CC3CCCC3)c([Si](C)(C)C)c[n+]12. The number of aliphatic imine (C=N–C) groups is 1. The van der Waals surface area contributed by atoms with Gasteiger partial charge in [-0.3, -0.25) is 4.99 Å². The summed E-state index contributed by atoms with van der Waals surface area (Å²) in [4.78, 5) is 9.73. The normalized spacial score (nSPS) is 20.2. The molecule has 5 heterocycles. The van der Waals surface area contributed by atoms with Gasteiger partial charge in [0.05, 0.1) is 20.2 Å². The molecule has 3 aliphatic rings. The van der Waals surface area contributed by atoms with Gasteiger partial charge in [0.15, 0.2) is 12.2 Å². The molecule has 2 aromatic carbocycles. The van der Waals surface area contributed by atoms with Crippen molar-refractivity contribution >= 4 is 41.0 Å². The van der Waals surface area contributed by atoms with E-state index in [1.54, 1.807) is 16.9 Å². The molecule has 5 heteroatoms. The zero-order valence-electron chi connectivity index (χ0n) is 27.5. The molecule has 5 aromatic rings. The van der Waals surface area contributed by atoms with Gasteiger partial charge in [-0.05, 0) is 66.1 Å². The Morgan fingerprint density at radius 3 is 2.63 bits per heavy atom. The lowest BCUT2D eigenvalue weighted by atomic mass is 9.77. The van der Waals surface area contributed by atoms with Crippen molar-refractivity contribution in [3.63, 3.8) is 0 Å². The first kappa shape index (κ1) is 29.3. The van der Waals surface area contributed by atoms with Gasteiger partial charge in [-0.2, -0.15) is 4.57 Å². The van der Waals surface area contributed by atoms with E-state index in [1.807, 2.05) is 12.1 Å². The summed E-state index contributed by atoms with van der Waals surface area (Å²) in [6.45, 7) is 16.3. The van der Waals surface area contributed by atoms with Crippen LogP contribution in [0.3, 0.4) is 0 Å². The van der Waals surface area contributed by atoms with Crippen LogP contribution in [-0.2, 0) is 12.8 Å². The lowest BCUT2D eigenvalue weighted by Gasteiger charge is -2.33. The number of nitrogens with zero attached hydrogens (tertiary/aromatic N) is 3. The maximum atomic E-state index is 6.43. The van der Waals surface area contributed by atoms with Gasteiger partial charge in [-0.1, -0.05) is 88.8 Å². The molecule has 0 N–H and O–H groups in total. The molecule has 1 fully saturated rings. The van der Waals surface area contributed by atoms with Gasteiger partial charge >= 0.3 is 0 Å². The molecule has 0 bridgehead atoms. The first-order valence-electron chi connectivity index (χ1n) is 17.2. The van der Waals surface area contributed by atoms with Crippen LogP contribution < -0.4 is 9.75 Å². The minimum Gasteiger partial charge on any atom is -0.437 e. The molecular weight excluding hydrogens is 579 g/mol. The fraction of sp³-hybridized carbons (Fsp3) is 0.341. The van der Waals surface area contributed by atoms with Crippen LogP contribution in [0.15, 0.2) is 101 Å². The Morgan fingerprint density at radius 1 is 1.00 bits per heavy atom. The minimum absolute atomic E-state index is 0.239. The van der Waals surface area contributed by atoms with Crippen molar-refractivity contribution in [3.05, 3.63) is 114 Å². The second-order valence-corrected chi connectivity index (χ2v) is 19.9. The van der Waals surface area contributed by atoms with Gasteiger partial charge in [0.25, 0.3) is 0 Å². The molecule has 2 atom stereocenters. The molecular formula is C41H44N3OSi+. The van der Waals surface area contributed by atoms with Gasteiger partial charge in [-0.15, -0.1) is 0 Å². The van der Waals surface area contributed by atoms with Crippen molar-refractivity contribution in [1.82, 2.24) is 4.98 Å². The van der Waals surface area contributed by atoms with Crippen molar-refractivity contribution in [2.75, 3.05) is 0 Å². The van der Waals surface area contributed by atoms with Gasteiger partial charge in [0.1, 0.15) is 5.58 Å². The third-order valence-electron chi connectivity index (χ3n) is 10.9. The van der Waals surface area contributed by atoms with Gasteiger partial charge < -0.3 is 4.42 Å². The number of benzene rings is 2. The molecule has 1 aliphatic carbocycles. The lowest BCUT2D eigenvalue weighted by molar-refractivity contribution is -0.717. The van der Waals surface area contributed by atoms with E-state index in [2.05, 4.69) is 97.1 Å². The Bertz CT molecular complexity index is 2060. The fourth-order valence-electron chi connectivity index (χ4n) is 8.69. The number of fused-ring (bicyclic) bond motifs is 11. The Hall–Kier alpha value is -4.09. The fourth-order valence-corrected chi connectivity index (χ4v) is 10.4. The highest BCUT2D eigenvalue weighted by Gasteiger charge is 2.42. The van der Waals surface area contributed by atoms with Crippen LogP contribution in [0.25, 0.3) is 33.3 Å². The average molecular weight is 623 g/mol. The van der Waals surface area contributed by atoms with E-state index >= 15 is 0 Å². The van der Waals surface area contributed by atoms with Gasteiger partial charge in [0, 0.05) is 51.0 Å². The number of pyridine rings is 2. The van der Waals surface area contributed by atoms with Crippen molar-refractivity contribution in [2.24, 2.45) is 10.9 Å². The predicted octanol–water partition coefficient (Wildman–Crippen LogP) is 9.38. The summed E-state index contributed by atoms with van der Waals surface area (Å²) in [5, 5.41) is 3.71. The van der Waals surface area contributed by atoms with E-state index in [1.165, 1.54) is 54.5 Å². The Kier molecular flexibility index (Phi) is 7.21. The minimum atomic E-state index is -1.62. The van der Waals surface area contributed by atoms with Crippen LogP contribution in [0.2, 0.25) is 19.6 Å². The Labute approximate surface area is 273 Å². The topological polar surface area (TPSA) is 42.3 Å². The molecule has 4 nitrogen and oxygen atoms in total. The average Bonchev–Trinajstić information content (AvgIpc) is 3.70. The second-order valence-electron chi connectivity index (χ2n) is 14.8.